The van der Waals surface area contributed by atoms with E-state index in [1.807, 2.05) is 63.2 Å². The second-order valence-electron chi connectivity index (χ2n) is 8.28. The summed E-state index contributed by atoms with van der Waals surface area (Å²) in [6.45, 7) is 6.17. The maximum absolute atomic E-state index is 6.55. The lowest BCUT2D eigenvalue weighted by Crippen LogP contribution is -2.11. The predicted octanol–water partition coefficient (Wildman–Crippen LogP) is 6.28. The van der Waals surface area contributed by atoms with E-state index < -0.39 is 0 Å². The Kier molecular flexibility index (Phi) is 7.78. The molecule has 35 heavy (non-hydrogen) atoms. The molecule has 0 atom stereocenters. The summed E-state index contributed by atoms with van der Waals surface area (Å²) in [7, 11) is 6.03. The van der Waals surface area contributed by atoms with Gasteiger partial charge in [0, 0.05) is 78.7 Å². The highest BCUT2D eigenvalue weighted by Gasteiger charge is 2.16. The lowest BCUT2D eigenvalue weighted by Gasteiger charge is -2.20. The van der Waals surface area contributed by atoms with Crippen molar-refractivity contribution in [2.45, 2.75) is 24.2 Å². The molecule has 3 aromatic heterocycles. The molecule has 1 aromatic carbocycles. The smallest absolute Gasteiger partial charge is 0.146 e. The lowest BCUT2D eigenvalue weighted by molar-refractivity contribution is 0.306. The summed E-state index contributed by atoms with van der Waals surface area (Å²) in [5, 5.41) is 1.59. The minimum atomic E-state index is 0.303. The lowest BCUT2D eigenvalue weighted by atomic mass is 10.0. The molecule has 0 aliphatic carbocycles. The monoisotopic (exact) mass is 505 g/mol. The van der Waals surface area contributed by atoms with E-state index >= 15 is 0 Å². The van der Waals surface area contributed by atoms with Crippen LogP contribution in [0.1, 0.15) is 22.6 Å². The number of nitrogens with zero attached hydrogens (tertiary/aromatic N) is 5. The standard InChI is InChI=1S/C27H28ClN5OS/c1-6-8-23(32(3)4)20-13-18(2)31-27-19(20)9-7-10-24(27)34-16-21-22(28)14-29-15-25(21)35-17-26-30-11-12-33(26)5/h6-15H,1,16-17H2,2-5H3/b23-8-. The van der Waals surface area contributed by atoms with Crippen LogP contribution in [0, 0.1) is 6.92 Å². The van der Waals surface area contributed by atoms with Crippen LogP contribution >= 0.6 is 23.4 Å². The van der Waals surface area contributed by atoms with Crippen LogP contribution in [0.25, 0.3) is 16.6 Å². The zero-order valence-electron chi connectivity index (χ0n) is 20.3. The summed E-state index contributed by atoms with van der Waals surface area (Å²) in [6.07, 6.45) is 11.0. The van der Waals surface area contributed by atoms with Crippen molar-refractivity contribution < 1.29 is 4.74 Å². The van der Waals surface area contributed by atoms with Gasteiger partial charge in [-0.15, -0.1) is 11.8 Å². The van der Waals surface area contributed by atoms with Crippen molar-refractivity contribution in [1.29, 1.82) is 0 Å². The van der Waals surface area contributed by atoms with Gasteiger partial charge in [0.2, 0.25) is 0 Å². The number of allylic oxidation sites excluding steroid dienone is 2. The number of pyridine rings is 2. The van der Waals surface area contributed by atoms with Gasteiger partial charge in [-0.1, -0.05) is 36.4 Å². The molecule has 0 spiro atoms. The fourth-order valence-electron chi connectivity index (χ4n) is 3.81. The maximum Gasteiger partial charge on any atom is 0.146 e. The van der Waals surface area contributed by atoms with Crippen molar-refractivity contribution in [3.05, 3.63) is 95.5 Å². The van der Waals surface area contributed by atoms with Crippen molar-refractivity contribution in [2.75, 3.05) is 14.1 Å². The summed E-state index contributed by atoms with van der Waals surface area (Å²) < 4.78 is 8.34. The van der Waals surface area contributed by atoms with Gasteiger partial charge >= 0.3 is 0 Å². The van der Waals surface area contributed by atoms with E-state index in [2.05, 4.69) is 33.6 Å². The van der Waals surface area contributed by atoms with E-state index in [1.54, 1.807) is 30.2 Å². The van der Waals surface area contributed by atoms with E-state index in [0.717, 1.165) is 44.1 Å². The third-order valence-electron chi connectivity index (χ3n) is 5.58. The summed E-state index contributed by atoms with van der Waals surface area (Å²) in [5.41, 5.74) is 4.75. The summed E-state index contributed by atoms with van der Waals surface area (Å²) in [5.74, 6) is 2.39. The molecular weight excluding hydrogens is 478 g/mol. The molecule has 0 saturated heterocycles. The molecule has 0 bridgehead atoms. The minimum Gasteiger partial charge on any atom is -0.487 e. The highest BCUT2D eigenvalue weighted by atomic mass is 35.5. The zero-order valence-corrected chi connectivity index (χ0v) is 21.9. The Labute approximate surface area is 215 Å². The second-order valence-corrected chi connectivity index (χ2v) is 9.70. The molecule has 8 heteroatoms. The van der Waals surface area contributed by atoms with E-state index in [4.69, 9.17) is 21.3 Å². The topological polar surface area (TPSA) is 56.1 Å². The number of ether oxygens (including phenoxy) is 1. The van der Waals surface area contributed by atoms with Crippen molar-refractivity contribution in [3.8, 4) is 5.75 Å². The van der Waals surface area contributed by atoms with Gasteiger partial charge in [-0.25, -0.2) is 9.97 Å². The number of fused-ring (bicyclic) bond motifs is 1. The number of halogens is 1. The first-order chi connectivity index (χ1) is 16.9. The molecule has 0 aliphatic heterocycles. The first-order valence-electron chi connectivity index (χ1n) is 11.1. The SMILES string of the molecule is C=C/C=C(/c1cc(C)nc2c(OCc3c(Cl)cncc3SCc3nccn3C)cccc12)N(C)C. The Hall–Kier alpha value is -3.29. The van der Waals surface area contributed by atoms with Crippen LogP contribution in [-0.2, 0) is 19.4 Å². The highest BCUT2D eigenvalue weighted by molar-refractivity contribution is 7.98. The molecule has 0 saturated carbocycles. The molecule has 0 amide bonds. The van der Waals surface area contributed by atoms with Crippen LogP contribution < -0.4 is 4.74 Å². The van der Waals surface area contributed by atoms with Crippen molar-refractivity contribution >= 4 is 40.0 Å². The van der Waals surface area contributed by atoms with Gasteiger partial charge in [-0.2, -0.15) is 0 Å². The number of hydrogen-bond donors (Lipinski definition) is 0. The Morgan fingerprint density at radius 2 is 2.11 bits per heavy atom. The molecule has 0 aliphatic rings. The fraction of sp³-hybridized carbons (Fsp3) is 0.222. The number of thioether (sulfide) groups is 1. The maximum atomic E-state index is 6.55. The van der Waals surface area contributed by atoms with Crippen LogP contribution in [0.4, 0.5) is 0 Å². The Bertz CT molecular complexity index is 1400. The van der Waals surface area contributed by atoms with Gasteiger partial charge < -0.3 is 14.2 Å². The van der Waals surface area contributed by atoms with Gasteiger partial charge in [0.05, 0.1) is 10.8 Å². The molecule has 180 valence electrons. The van der Waals surface area contributed by atoms with Gasteiger partial charge in [0.25, 0.3) is 0 Å². The molecule has 0 N–H and O–H groups in total. The van der Waals surface area contributed by atoms with Gasteiger partial charge in [0.1, 0.15) is 23.7 Å². The number of imidazole rings is 1. The van der Waals surface area contributed by atoms with E-state index in [1.165, 1.54) is 0 Å². The van der Waals surface area contributed by atoms with E-state index in [-0.39, 0.29) is 0 Å². The van der Waals surface area contributed by atoms with Crippen molar-refractivity contribution in [1.82, 2.24) is 24.4 Å². The molecule has 0 fully saturated rings. The Balaban J connectivity index is 1.66. The molecular formula is C27H28ClN5OS. The van der Waals surface area contributed by atoms with Crippen LogP contribution in [0.5, 0.6) is 5.75 Å². The third-order valence-corrected chi connectivity index (χ3v) is 6.97. The first kappa shape index (κ1) is 24.8. The number of aryl methyl sites for hydroxylation is 2. The van der Waals surface area contributed by atoms with Crippen molar-refractivity contribution in [3.63, 3.8) is 0 Å². The third kappa shape index (κ3) is 5.52. The minimum absolute atomic E-state index is 0.303. The summed E-state index contributed by atoms with van der Waals surface area (Å²) >= 11 is 8.19. The Morgan fingerprint density at radius 1 is 1.29 bits per heavy atom. The zero-order chi connectivity index (χ0) is 24.9. The molecule has 4 aromatic rings. The fourth-order valence-corrected chi connectivity index (χ4v) is 5.12. The summed E-state index contributed by atoms with van der Waals surface area (Å²) in [6, 6.07) is 8.09. The first-order valence-corrected chi connectivity index (χ1v) is 12.5. The average molecular weight is 506 g/mol. The molecule has 0 unspecified atom stereocenters. The largest absolute Gasteiger partial charge is 0.487 e. The van der Waals surface area contributed by atoms with Gasteiger partial charge in [-0.3, -0.25) is 4.98 Å². The predicted molar refractivity (Wildman–Crippen MR) is 145 cm³/mol. The van der Waals surface area contributed by atoms with Crippen LogP contribution in [-0.4, -0.2) is 38.5 Å². The number of para-hydroxylation sites is 1. The molecule has 4 rings (SSSR count). The number of aromatic nitrogens is 4. The van der Waals surface area contributed by atoms with E-state index in [0.29, 0.717) is 23.1 Å². The summed E-state index contributed by atoms with van der Waals surface area (Å²) in [4.78, 5) is 16.5. The number of rotatable bonds is 9. The van der Waals surface area contributed by atoms with Crippen molar-refractivity contribution in [2.24, 2.45) is 7.05 Å². The second kappa shape index (κ2) is 11.0. The van der Waals surface area contributed by atoms with Crippen LogP contribution in [0.3, 0.4) is 0 Å². The van der Waals surface area contributed by atoms with E-state index in [9.17, 15) is 0 Å². The van der Waals surface area contributed by atoms with Crippen LogP contribution in [0.2, 0.25) is 5.02 Å². The normalized spacial score (nSPS) is 11.6. The molecule has 0 radical (unpaired) electrons. The Morgan fingerprint density at radius 3 is 2.83 bits per heavy atom. The van der Waals surface area contributed by atoms with Crippen LogP contribution in [0.15, 0.2) is 72.7 Å². The van der Waals surface area contributed by atoms with Gasteiger partial charge in [-0.05, 0) is 25.1 Å². The number of benzene rings is 1. The highest BCUT2D eigenvalue weighted by Crippen LogP contribution is 2.34. The number of hydrogen-bond acceptors (Lipinski definition) is 6. The average Bonchev–Trinajstić information content (AvgIpc) is 3.24. The molecule has 3 heterocycles. The molecule has 6 nitrogen and oxygen atoms in total. The quantitative estimate of drug-likeness (QED) is 0.197. The van der Waals surface area contributed by atoms with Gasteiger partial charge in [0.15, 0.2) is 0 Å².